The van der Waals surface area contributed by atoms with Crippen LogP contribution in [-0.2, 0) is 6.42 Å². The van der Waals surface area contributed by atoms with Crippen molar-refractivity contribution in [1.29, 1.82) is 0 Å². The number of aromatic nitrogens is 2. The first-order valence-corrected chi connectivity index (χ1v) is 5.50. The molecule has 0 bridgehead atoms. The van der Waals surface area contributed by atoms with Crippen LogP contribution in [0.2, 0.25) is 0 Å². The Kier molecular flexibility index (Phi) is 2.73. The van der Waals surface area contributed by atoms with Crippen LogP contribution < -0.4 is 0 Å². The van der Waals surface area contributed by atoms with E-state index in [9.17, 15) is 0 Å². The van der Waals surface area contributed by atoms with Gasteiger partial charge in [0.25, 0.3) is 0 Å². The van der Waals surface area contributed by atoms with Crippen LogP contribution in [0.1, 0.15) is 18.2 Å². The van der Waals surface area contributed by atoms with E-state index in [1.165, 1.54) is 5.56 Å². The number of hydrogen-bond acceptors (Lipinski definition) is 1. The monoisotopic (exact) mass is 218 g/mol. The van der Waals surface area contributed by atoms with E-state index in [0.29, 0.717) is 0 Å². The van der Waals surface area contributed by atoms with Crippen molar-refractivity contribution in [2.45, 2.75) is 20.3 Å². The van der Waals surface area contributed by atoms with Crippen molar-refractivity contribution in [3.05, 3.63) is 46.2 Å². The molecule has 2 nitrogen and oxygen atoms in total. The zero-order chi connectivity index (χ0) is 10.8. The summed E-state index contributed by atoms with van der Waals surface area (Å²) in [5.74, 6) is 0. The SMILES string of the molecule is CCc1c(C)[nH]n(-c2ccccc2)c1=S. The molecule has 2 aromatic rings. The summed E-state index contributed by atoms with van der Waals surface area (Å²) >= 11 is 5.43. The van der Waals surface area contributed by atoms with E-state index in [1.807, 2.05) is 35.0 Å². The van der Waals surface area contributed by atoms with Gasteiger partial charge in [0.2, 0.25) is 0 Å². The molecule has 1 N–H and O–H groups in total. The Morgan fingerprint density at radius 2 is 1.93 bits per heavy atom. The largest absolute Gasteiger partial charge is 0.297 e. The summed E-state index contributed by atoms with van der Waals surface area (Å²) in [4.78, 5) is 0. The van der Waals surface area contributed by atoms with Crippen molar-refractivity contribution in [1.82, 2.24) is 9.78 Å². The zero-order valence-electron chi connectivity index (χ0n) is 8.95. The smallest absolute Gasteiger partial charge is 0.131 e. The average molecular weight is 218 g/mol. The summed E-state index contributed by atoms with van der Waals surface area (Å²) in [7, 11) is 0. The Labute approximate surface area is 94.5 Å². The first-order chi connectivity index (χ1) is 7.24. The molecule has 1 aromatic carbocycles. The molecule has 0 aliphatic heterocycles. The Morgan fingerprint density at radius 3 is 2.47 bits per heavy atom. The molecule has 0 spiro atoms. The molecule has 0 amide bonds. The fourth-order valence-corrected chi connectivity index (χ4v) is 2.21. The van der Waals surface area contributed by atoms with E-state index < -0.39 is 0 Å². The number of nitrogens with one attached hydrogen (secondary N) is 1. The normalized spacial score (nSPS) is 10.5. The van der Waals surface area contributed by atoms with Gasteiger partial charge in [0.15, 0.2) is 0 Å². The van der Waals surface area contributed by atoms with Gasteiger partial charge in [0.1, 0.15) is 4.64 Å². The molecular weight excluding hydrogens is 204 g/mol. The van der Waals surface area contributed by atoms with Crippen LogP contribution in [0.25, 0.3) is 5.69 Å². The van der Waals surface area contributed by atoms with Crippen molar-refractivity contribution in [3.63, 3.8) is 0 Å². The van der Waals surface area contributed by atoms with Crippen LogP contribution in [0.4, 0.5) is 0 Å². The molecule has 0 saturated carbocycles. The average Bonchev–Trinajstić information content (AvgIpc) is 2.55. The topological polar surface area (TPSA) is 20.7 Å². The summed E-state index contributed by atoms with van der Waals surface area (Å²) in [5, 5.41) is 3.29. The molecule has 0 atom stereocenters. The third-order valence-electron chi connectivity index (χ3n) is 2.56. The number of H-pyrrole nitrogens is 1. The molecule has 0 saturated heterocycles. The molecule has 15 heavy (non-hydrogen) atoms. The minimum Gasteiger partial charge on any atom is -0.297 e. The van der Waals surface area contributed by atoms with Crippen LogP contribution in [0, 0.1) is 11.6 Å². The molecule has 0 aliphatic rings. The van der Waals surface area contributed by atoms with Crippen LogP contribution in [0.15, 0.2) is 30.3 Å². The number of rotatable bonds is 2. The number of aromatic amines is 1. The van der Waals surface area contributed by atoms with E-state index in [1.54, 1.807) is 0 Å². The second kappa shape index (κ2) is 4.03. The quantitative estimate of drug-likeness (QED) is 0.766. The molecule has 0 unspecified atom stereocenters. The van der Waals surface area contributed by atoms with Gasteiger partial charge in [-0.15, -0.1) is 0 Å². The number of hydrogen-bond donors (Lipinski definition) is 1. The van der Waals surface area contributed by atoms with Crippen LogP contribution in [0.3, 0.4) is 0 Å². The molecule has 3 heteroatoms. The molecule has 1 aromatic heterocycles. The minimum atomic E-state index is 0.890. The van der Waals surface area contributed by atoms with Crippen molar-refractivity contribution >= 4 is 12.2 Å². The number of benzene rings is 1. The van der Waals surface area contributed by atoms with Gasteiger partial charge >= 0.3 is 0 Å². The highest BCUT2D eigenvalue weighted by Crippen LogP contribution is 2.14. The van der Waals surface area contributed by atoms with Crippen LogP contribution in [-0.4, -0.2) is 9.78 Å². The summed E-state index contributed by atoms with van der Waals surface area (Å²) in [6, 6.07) is 10.1. The van der Waals surface area contributed by atoms with Crippen LogP contribution >= 0.6 is 12.2 Å². The second-order valence-electron chi connectivity index (χ2n) is 3.55. The lowest BCUT2D eigenvalue weighted by Gasteiger charge is -2.01. The standard InChI is InChI=1S/C12H14N2S/c1-3-11-9(2)13-14(12(11)15)10-7-5-4-6-8-10/h4-8,13H,3H2,1-2H3. The number of aryl methyl sites for hydroxylation is 1. The van der Waals surface area contributed by atoms with Gasteiger partial charge in [0, 0.05) is 11.3 Å². The zero-order valence-corrected chi connectivity index (χ0v) is 9.77. The maximum atomic E-state index is 5.43. The van der Waals surface area contributed by atoms with Gasteiger partial charge in [-0.1, -0.05) is 37.3 Å². The van der Waals surface area contributed by atoms with Crippen LogP contribution in [0.5, 0.6) is 0 Å². The van der Waals surface area contributed by atoms with Gasteiger partial charge in [-0.05, 0) is 25.5 Å². The van der Waals surface area contributed by atoms with Crippen molar-refractivity contribution in [2.75, 3.05) is 0 Å². The van der Waals surface area contributed by atoms with E-state index in [2.05, 4.69) is 18.9 Å². The van der Waals surface area contributed by atoms with E-state index >= 15 is 0 Å². The molecule has 0 radical (unpaired) electrons. The second-order valence-corrected chi connectivity index (χ2v) is 3.93. The molecule has 0 fully saturated rings. The Bertz CT molecular complexity index is 508. The molecule has 1 heterocycles. The first kappa shape index (κ1) is 10.2. The van der Waals surface area contributed by atoms with E-state index in [0.717, 1.165) is 22.4 Å². The predicted molar refractivity (Wildman–Crippen MR) is 65.1 cm³/mol. The lowest BCUT2D eigenvalue weighted by Crippen LogP contribution is -1.95. The summed E-state index contributed by atoms with van der Waals surface area (Å²) in [6.45, 7) is 4.19. The number of para-hydroxylation sites is 1. The summed E-state index contributed by atoms with van der Waals surface area (Å²) < 4.78 is 2.85. The molecule has 78 valence electrons. The molecular formula is C12H14N2S. The highest BCUT2D eigenvalue weighted by molar-refractivity contribution is 7.71. The Morgan fingerprint density at radius 1 is 1.27 bits per heavy atom. The maximum absolute atomic E-state index is 5.43. The van der Waals surface area contributed by atoms with Gasteiger partial charge in [0.05, 0.1) is 5.69 Å². The Balaban J connectivity index is 2.61. The van der Waals surface area contributed by atoms with Crippen molar-refractivity contribution in [2.24, 2.45) is 0 Å². The number of nitrogens with zero attached hydrogens (tertiary/aromatic N) is 1. The summed E-state index contributed by atoms with van der Waals surface area (Å²) in [5.41, 5.74) is 3.48. The fourth-order valence-electron chi connectivity index (χ4n) is 1.76. The minimum absolute atomic E-state index is 0.890. The predicted octanol–water partition coefficient (Wildman–Crippen LogP) is 3.41. The van der Waals surface area contributed by atoms with E-state index in [-0.39, 0.29) is 0 Å². The van der Waals surface area contributed by atoms with Gasteiger partial charge in [-0.3, -0.25) is 5.10 Å². The lowest BCUT2D eigenvalue weighted by molar-refractivity contribution is 0.852. The van der Waals surface area contributed by atoms with Gasteiger partial charge in [-0.2, -0.15) is 0 Å². The van der Waals surface area contributed by atoms with Crippen molar-refractivity contribution in [3.8, 4) is 5.69 Å². The Hall–Kier alpha value is -1.35. The van der Waals surface area contributed by atoms with Gasteiger partial charge < -0.3 is 0 Å². The molecule has 2 rings (SSSR count). The van der Waals surface area contributed by atoms with E-state index in [4.69, 9.17) is 12.2 Å². The maximum Gasteiger partial charge on any atom is 0.131 e. The first-order valence-electron chi connectivity index (χ1n) is 5.10. The highest BCUT2D eigenvalue weighted by atomic mass is 32.1. The lowest BCUT2D eigenvalue weighted by atomic mass is 10.2. The third kappa shape index (κ3) is 1.75. The third-order valence-corrected chi connectivity index (χ3v) is 2.99. The summed E-state index contributed by atoms with van der Waals surface area (Å²) in [6.07, 6.45) is 0.973. The molecule has 0 aliphatic carbocycles. The van der Waals surface area contributed by atoms with Crippen molar-refractivity contribution < 1.29 is 0 Å². The van der Waals surface area contributed by atoms with Gasteiger partial charge in [-0.25, -0.2) is 4.68 Å². The fraction of sp³-hybridized carbons (Fsp3) is 0.250. The highest BCUT2D eigenvalue weighted by Gasteiger charge is 2.06.